The van der Waals surface area contributed by atoms with Crippen LogP contribution in [-0.2, 0) is 14.8 Å². The van der Waals surface area contributed by atoms with Gasteiger partial charge in [0.15, 0.2) is 0 Å². The van der Waals surface area contributed by atoms with Crippen molar-refractivity contribution in [2.24, 2.45) is 0 Å². The van der Waals surface area contributed by atoms with Crippen molar-refractivity contribution in [2.45, 2.75) is 17.7 Å². The molecule has 0 aliphatic carbocycles. The lowest BCUT2D eigenvalue weighted by molar-refractivity contribution is -0.111. The molecule has 24 heavy (non-hydrogen) atoms. The van der Waals surface area contributed by atoms with Gasteiger partial charge in [-0.05, 0) is 54.6 Å². The number of carbonyl (C=O) groups is 1. The normalized spacial score (nSPS) is 15.8. The highest BCUT2D eigenvalue weighted by Crippen LogP contribution is 2.22. The standard InChI is InChI=1S/C17H18N2O3S2/c20-17(10-7-15-4-3-13-23-15)18-14-5-8-16(9-6-14)24(21,22)19-11-1-2-12-19/h3-10,13H,1-2,11-12H2,(H,18,20)/b10-7+. The summed E-state index contributed by atoms with van der Waals surface area (Å²) >= 11 is 1.55. The molecule has 1 aliphatic heterocycles. The Kier molecular flexibility index (Phi) is 5.13. The maximum absolute atomic E-state index is 12.4. The van der Waals surface area contributed by atoms with Gasteiger partial charge in [0.1, 0.15) is 0 Å². The average molecular weight is 362 g/mol. The topological polar surface area (TPSA) is 66.5 Å². The number of amides is 1. The fraction of sp³-hybridized carbons (Fsp3) is 0.235. The van der Waals surface area contributed by atoms with Crippen LogP contribution in [0.3, 0.4) is 0 Å². The number of benzene rings is 1. The number of carbonyl (C=O) groups excluding carboxylic acids is 1. The Morgan fingerprint density at radius 2 is 1.83 bits per heavy atom. The van der Waals surface area contributed by atoms with Crippen LogP contribution in [0, 0.1) is 0 Å². The summed E-state index contributed by atoms with van der Waals surface area (Å²) in [6, 6.07) is 10.1. The van der Waals surface area contributed by atoms with Crippen LogP contribution < -0.4 is 5.32 Å². The Balaban J connectivity index is 1.65. The van der Waals surface area contributed by atoms with Crippen LogP contribution in [0.25, 0.3) is 6.08 Å². The summed E-state index contributed by atoms with van der Waals surface area (Å²) in [5.41, 5.74) is 0.566. The minimum Gasteiger partial charge on any atom is -0.323 e. The number of sulfonamides is 1. The molecule has 2 aromatic rings. The van der Waals surface area contributed by atoms with E-state index in [1.165, 1.54) is 22.5 Å². The average Bonchev–Trinajstić information content (AvgIpc) is 3.27. The number of nitrogens with one attached hydrogen (secondary N) is 1. The van der Waals surface area contributed by atoms with E-state index in [1.54, 1.807) is 29.5 Å². The van der Waals surface area contributed by atoms with E-state index in [9.17, 15) is 13.2 Å². The molecule has 126 valence electrons. The van der Waals surface area contributed by atoms with Crippen molar-refractivity contribution >= 4 is 39.0 Å². The van der Waals surface area contributed by atoms with Gasteiger partial charge in [0.25, 0.3) is 0 Å². The number of hydrogen-bond donors (Lipinski definition) is 1. The van der Waals surface area contributed by atoms with E-state index in [0.29, 0.717) is 18.8 Å². The molecule has 1 fully saturated rings. The second kappa shape index (κ2) is 7.29. The van der Waals surface area contributed by atoms with Crippen molar-refractivity contribution in [3.8, 4) is 0 Å². The summed E-state index contributed by atoms with van der Waals surface area (Å²) in [5.74, 6) is -0.251. The Bertz CT molecular complexity index is 819. The van der Waals surface area contributed by atoms with Crippen molar-refractivity contribution in [3.05, 3.63) is 52.7 Å². The van der Waals surface area contributed by atoms with E-state index < -0.39 is 10.0 Å². The zero-order valence-electron chi connectivity index (χ0n) is 13.0. The summed E-state index contributed by atoms with van der Waals surface area (Å²) in [6.07, 6.45) is 5.01. The molecule has 7 heteroatoms. The van der Waals surface area contributed by atoms with Gasteiger partial charge in [-0.2, -0.15) is 4.31 Å². The second-order valence-electron chi connectivity index (χ2n) is 5.47. The van der Waals surface area contributed by atoms with E-state index >= 15 is 0 Å². The highest BCUT2D eigenvalue weighted by Gasteiger charge is 2.26. The first-order valence-corrected chi connectivity index (χ1v) is 10.0. The molecule has 1 aliphatic rings. The first-order chi connectivity index (χ1) is 11.6. The van der Waals surface area contributed by atoms with Crippen LogP contribution in [0.1, 0.15) is 17.7 Å². The quantitative estimate of drug-likeness (QED) is 0.831. The van der Waals surface area contributed by atoms with E-state index in [2.05, 4.69) is 5.32 Å². The van der Waals surface area contributed by atoms with E-state index in [1.807, 2.05) is 17.5 Å². The van der Waals surface area contributed by atoms with E-state index in [4.69, 9.17) is 0 Å². The molecule has 3 rings (SSSR count). The van der Waals surface area contributed by atoms with Gasteiger partial charge in [-0.15, -0.1) is 11.3 Å². The van der Waals surface area contributed by atoms with Crippen LogP contribution in [-0.4, -0.2) is 31.7 Å². The SMILES string of the molecule is O=C(/C=C/c1cccs1)Nc1ccc(S(=O)(=O)N2CCCC2)cc1. The van der Waals surface area contributed by atoms with Crippen molar-refractivity contribution in [1.29, 1.82) is 0 Å². The Morgan fingerprint density at radius 3 is 2.46 bits per heavy atom. The third kappa shape index (κ3) is 3.92. The Morgan fingerprint density at radius 1 is 1.12 bits per heavy atom. The fourth-order valence-corrected chi connectivity index (χ4v) is 4.65. The number of anilines is 1. The summed E-state index contributed by atoms with van der Waals surface area (Å²) in [4.78, 5) is 13.1. The van der Waals surface area contributed by atoms with Crippen LogP contribution >= 0.6 is 11.3 Å². The predicted molar refractivity (Wildman–Crippen MR) is 96.4 cm³/mol. The molecule has 0 spiro atoms. The lowest BCUT2D eigenvalue weighted by Crippen LogP contribution is -2.27. The summed E-state index contributed by atoms with van der Waals surface area (Å²) in [7, 11) is -3.42. The van der Waals surface area contributed by atoms with E-state index in [0.717, 1.165) is 17.7 Å². The Labute approximate surface area is 145 Å². The summed E-state index contributed by atoms with van der Waals surface area (Å²) in [5, 5.41) is 4.66. The molecular weight excluding hydrogens is 344 g/mol. The van der Waals surface area contributed by atoms with Crippen molar-refractivity contribution < 1.29 is 13.2 Å². The molecule has 2 heterocycles. The third-order valence-electron chi connectivity index (χ3n) is 3.77. The number of nitrogens with zero attached hydrogens (tertiary/aromatic N) is 1. The fourth-order valence-electron chi connectivity index (χ4n) is 2.52. The van der Waals surface area contributed by atoms with Gasteiger partial charge in [0.2, 0.25) is 15.9 Å². The number of thiophene rings is 1. The van der Waals surface area contributed by atoms with Crippen LogP contribution in [0.2, 0.25) is 0 Å². The van der Waals surface area contributed by atoms with E-state index in [-0.39, 0.29) is 10.8 Å². The lowest BCUT2D eigenvalue weighted by atomic mass is 10.3. The van der Waals surface area contributed by atoms with Crippen molar-refractivity contribution in [2.75, 3.05) is 18.4 Å². The first kappa shape index (κ1) is 16.9. The monoisotopic (exact) mass is 362 g/mol. The summed E-state index contributed by atoms with van der Waals surface area (Å²) in [6.45, 7) is 1.16. The molecule has 1 saturated heterocycles. The molecule has 0 atom stereocenters. The molecule has 5 nitrogen and oxygen atoms in total. The smallest absolute Gasteiger partial charge is 0.248 e. The number of rotatable bonds is 5. The molecule has 0 unspecified atom stereocenters. The Hall–Kier alpha value is -1.96. The molecule has 1 amide bonds. The highest BCUT2D eigenvalue weighted by molar-refractivity contribution is 7.89. The number of hydrogen-bond acceptors (Lipinski definition) is 4. The molecule has 0 radical (unpaired) electrons. The zero-order valence-corrected chi connectivity index (χ0v) is 14.6. The van der Waals surface area contributed by atoms with Gasteiger partial charge in [0.05, 0.1) is 4.90 Å². The molecule has 0 bridgehead atoms. The predicted octanol–water partition coefficient (Wildman–Crippen LogP) is 3.18. The van der Waals surface area contributed by atoms with Crippen molar-refractivity contribution in [3.63, 3.8) is 0 Å². The minimum absolute atomic E-state index is 0.251. The van der Waals surface area contributed by atoms with Crippen LogP contribution in [0.15, 0.2) is 52.7 Å². The maximum atomic E-state index is 12.4. The maximum Gasteiger partial charge on any atom is 0.248 e. The van der Waals surface area contributed by atoms with Gasteiger partial charge >= 0.3 is 0 Å². The van der Waals surface area contributed by atoms with Gasteiger partial charge < -0.3 is 5.32 Å². The third-order valence-corrected chi connectivity index (χ3v) is 6.52. The molecule has 1 aromatic carbocycles. The zero-order chi connectivity index (χ0) is 17.0. The molecule has 1 N–H and O–H groups in total. The summed E-state index contributed by atoms with van der Waals surface area (Å²) < 4.78 is 26.4. The minimum atomic E-state index is -3.42. The largest absolute Gasteiger partial charge is 0.323 e. The molecule has 1 aromatic heterocycles. The van der Waals surface area contributed by atoms with Crippen LogP contribution in [0.5, 0.6) is 0 Å². The van der Waals surface area contributed by atoms with Gasteiger partial charge in [-0.1, -0.05) is 6.07 Å². The molecule has 0 saturated carbocycles. The first-order valence-electron chi connectivity index (χ1n) is 7.68. The van der Waals surface area contributed by atoms with Crippen LogP contribution in [0.4, 0.5) is 5.69 Å². The second-order valence-corrected chi connectivity index (χ2v) is 8.39. The van der Waals surface area contributed by atoms with Gasteiger partial charge in [0, 0.05) is 29.7 Å². The van der Waals surface area contributed by atoms with Gasteiger partial charge in [-0.3, -0.25) is 4.79 Å². The highest BCUT2D eigenvalue weighted by atomic mass is 32.2. The lowest BCUT2D eigenvalue weighted by Gasteiger charge is -2.15. The molecular formula is C17H18N2O3S2. The van der Waals surface area contributed by atoms with Crippen molar-refractivity contribution in [1.82, 2.24) is 4.31 Å². The van der Waals surface area contributed by atoms with Gasteiger partial charge in [-0.25, -0.2) is 8.42 Å².